The predicted octanol–water partition coefficient (Wildman–Crippen LogP) is 5.34. The monoisotopic (exact) mass is 499 g/mol. The molecule has 4 rings (SSSR count). The maximum absolute atomic E-state index is 12.3. The van der Waals surface area contributed by atoms with E-state index in [-0.39, 0.29) is 6.04 Å². The zero-order valence-corrected chi connectivity index (χ0v) is 20.7. The van der Waals surface area contributed by atoms with Crippen LogP contribution in [0.15, 0.2) is 77.4 Å². The second-order valence-electron chi connectivity index (χ2n) is 8.71. The Labute approximate surface area is 215 Å². The lowest BCUT2D eigenvalue weighted by atomic mass is 9.99. The van der Waals surface area contributed by atoms with E-state index in [4.69, 9.17) is 9.63 Å². The number of rotatable bonds is 11. The highest BCUT2D eigenvalue weighted by molar-refractivity contribution is 5.96. The molecule has 1 unspecified atom stereocenters. The van der Waals surface area contributed by atoms with Crippen LogP contribution in [0.25, 0.3) is 23.0 Å². The minimum atomic E-state index is -1.08. The minimum absolute atomic E-state index is 0.0649. The number of nitrogens with zero attached hydrogens (tertiary/aromatic N) is 3. The molecule has 3 N–H and O–H groups in total. The third kappa shape index (κ3) is 6.58. The van der Waals surface area contributed by atoms with Gasteiger partial charge in [-0.25, -0.2) is 0 Å². The molecule has 0 saturated heterocycles. The van der Waals surface area contributed by atoms with Crippen molar-refractivity contribution >= 4 is 17.6 Å². The zero-order valence-electron chi connectivity index (χ0n) is 20.7. The summed E-state index contributed by atoms with van der Waals surface area (Å²) in [7, 11) is 0. The van der Waals surface area contributed by atoms with Gasteiger partial charge in [-0.1, -0.05) is 55.3 Å². The average Bonchev–Trinajstić information content (AvgIpc) is 3.42. The fourth-order valence-corrected chi connectivity index (χ4v) is 3.79. The van der Waals surface area contributed by atoms with E-state index in [1.807, 2.05) is 42.5 Å². The number of carbonyl (C=O) groups is 2. The highest BCUT2D eigenvalue weighted by Crippen LogP contribution is 2.28. The molecule has 9 nitrogen and oxygen atoms in total. The molecule has 0 aliphatic rings. The number of anilines is 1. The second-order valence-corrected chi connectivity index (χ2v) is 8.71. The number of aromatic nitrogens is 3. The molecule has 190 valence electrons. The molecule has 2 atom stereocenters. The van der Waals surface area contributed by atoms with Gasteiger partial charge in [0.15, 0.2) is 0 Å². The quantitative estimate of drug-likeness (QED) is 0.252. The fraction of sp³-hybridized carbons (Fsp3) is 0.250. The summed E-state index contributed by atoms with van der Waals surface area (Å²) in [6.07, 6.45) is 4.72. The van der Waals surface area contributed by atoms with Crippen LogP contribution in [0.4, 0.5) is 5.69 Å². The summed E-state index contributed by atoms with van der Waals surface area (Å²) in [5, 5.41) is 19.1. The van der Waals surface area contributed by atoms with E-state index < -0.39 is 17.9 Å². The number of carboxylic acids is 1. The summed E-state index contributed by atoms with van der Waals surface area (Å²) in [5.41, 5.74) is 3.85. The van der Waals surface area contributed by atoms with Crippen molar-refractivity contribution in [3.05, 3.63) is 84.1 Å². The van der Waals surface area contributed by atoms with E-state index in [0.717, 1.165) is 36.1 Å². The molecule has 1 amide bonds. The third-order valence-electron chi connectivity index (χ3n) is 5.93. The molecule has 9 heteroatoms. The van der Waals surface area contributed by atoms with Gasteiger partial charge in [-0.15, -0.1) is 0 Å². The average molecular weight is 500 g/mol. The molecule has 0 spiro atoms. The van der Waals surface area contributed by atoms with Crippen LogP contribution < -0.4 is 10.6 Å². The first-order valence-corrected chi connectivity index (χ1v) is 12.2. The number of carbonyl (C=O) groups excluding carboxylic acids is 1. The van der Waals surface area contributed by atoms with E-state index in [0.29, 0.717) is 23.0 Å². The number of hydrogen-bond acceptors (Lipinski definition) is 7. The molecule has 0 saturated carbocycles. The van der Waals surface area contributed by atoms with Crippen molar-refractivity contribution in [2.75, 3.05) is 5.32 Å². The van der Waals surface area contributed by atoms with Crippen LogP contribution in [0.1, 0.15) is 55.1 Å². The number of benzene rings is 2. The van der Waals surface area contributed by atoms with E-state index in [1.54, 1.807) is 18.3 Å². The maximum Gasteiger partial charge on any atom is 0.325 e. The Morgan fingerprint density at radius 2 is 1.78 bits per heavy atom. The lowest BCUT2D eigenvalue weighted by molar-refractivity contribution is -0.138. The van der Waals surface area contributed by atoms with Crippen LogP contribution in [-0.4, -0.2) is 38.1 Å². The Hall–Kier alpha value is -4.53. The van der Waals surface area contributed by atoms with Crippen LogP contribution >= 0.6 is 0 Å². The van der Waals surface area contributed by atoms with Gasteiger partial charge in [0, 0.05) is 23.0 Å². The Bertz CT molecular complexity index is 1320. The lowest BCUT2D eigenvalue weighted by Crippen LogP contribution is -2.38. The van der Waals surface area contributed by atoms with E-state index in [1.165, 1.54) is 6.92 Å². The number of pyridine rings is 1. The molecule has 4 aromatic rings. The Morgan fingerprint density at radius 3 is 2.43 bits per heavy atom. The first-order chi connectivity index (χ1) is 17.9. The molecule has 0 fully saturated rings. The fourth-order valence-electron chi connectivity index (χ4n) is 3.79. The summed E-state index contributed by atoms with van der Waals surface area (Å²) >= 11 is 0. The third-order valence-corrected chi connectivity index (χ3v) is 5.93. The number of unbranched alkanes of at least 4 members (excludes halogenated alkanes) is 1. The molecular weight excluding hydrogens is 470 g/mol. The molecule has 0 radical (unpaired) electrons. The normalized spacial score (nSPS) is 12.5. The lowest BCUT2D eigenvalue weighted by Gasteiger charge is -2.21. The topological polar surface area (TPSA) is 130 Å². The molecular formula is C28H29N5O4. The first kappa shape index (κ1) is 25.6. The van der Waals surface area contributed by atoms with Crippen molar-refractivity contribution in [2.45, 2.75) is 45.2 Å². The zero-order chi connectivity index (χ0) is 26.2. The van der Waals surface area contributed by atoms with Crippen molar-refractivity contribution < 1.29 is 19.2 Å². The van der Waals surface area contributed by atoms with Crippen molar-refractivity contribution in [2.24, 2.45) is 0 Å². The van der Waals surface area contributed by atoms with Crippen LogP contribution in [0.2, 0.25) is 0 Å². The van der Waals surface area contributed by atoms with Gasteiger partial charge in [0.2, 0.25) is 5.82 Å². The van der Waals surface area contributed by atoms with Crippen molar-refractivity contribution in [3.63, 3.8) is 0 Å². The van der Waals surface area contributed by atoms with Gasteiger partial charge >= 0.3 is 5.97 Å². The molecule has 2 heterocycles. The van der Waals surface area contributed by atoms with Crippen molar-refractivity contribution in [1.29, 1.82) is 0 Å². The molecule has 0 aliphatic carbocycles. The number of carboxylic acid groups (broad SMARTS) is 1. The number of aliphatic carboxylic acids is 1. The molecule has 0 aliphatic heterocycles. The molecule has 2 aromatic carbocycles. The number of hydrogen-bond donors (Lipinski definition) is 3. The van der Waals surface area contributed by atoms with Gasteiger partial charge in [0.25, 0.3) is 11.8 Å². The van der Waals surface area contributed by atoms with Gasteiger partial charge in [-0.05, 0) is 55.3 Å². The largest absolute Gasteiger partial charge is 0.480 e. The Morgan fingerprint density at radius 1 is 1.03 bits per heavy atom. The molecule has 0 bridgehead atoms. The van der Waals surface area contributed by atoms with Gasteiger partial charge in [-0.2, -0.15) is 4.98 Å². The molecule has 2 aromatic heterocycles. The summed E-state index contributed by atoms with van der Waals surface area (Å²) in [6.45, 7) is 3.58. The van der Waals surface area contributed by atoms with E-state index >= 15 is 0 Å². The maximum atomic E-state index is 12.3. The summed E-state index contributed by atoms with van der Waals surface area (Å²) < 4.78 is 5.38. The van der Waals surface area contributed by atoms with E-state index in [9.17, 15) is 9.59 Å². The van der Waals surface area contributed by atoms with Crippen molar-refractivity contribution in [3.8, 4) is 23.0 Å². The minimum Gasteiger partial charge on any atom is -0.480 e. The van der Waals surface area contributed by atoms with Gasteiger partial charge in [0.05, 0.1) is 6.04 Å². The summed E-state index contributed by atoms with van der Waals surface area (Å²) in [4.78, 5) is 32.0. The summed E-state index contributed by atoms with van der Waals surface area (Å²) in [5.74, 6) is -0.635. The first-order valence-electron chi connectivity index (χ1n) is 12.2. The summed E-state index contributed by atoms with van der Waals surface area (Å²) in [6, 6.07) is 19.7. The second kappa shape index (κ2) is 11.9. The number of nitrogens with one attached hydrogen (secondary N) is 2. The van der Waals surface area contributed by atoms with Crippen molar-refractivity contribution in [1.82, 2.24) is 20.4 Å². The van der Waals surface area contributed by atoms with E-state index in [2.05, 4.69) is 44.8 Å². The van der Waals surface area contributed by atoms with Gasteiger partial charge in [-0.3, -0.25) is 14.6 Å². The Kier molecular flexibility index (Phi) is 8.25. The molecule has 37 heavy (non-hydrogen) atoms. The Balaban J connectivity index is 1.46. The standard InChI is InChI=1S/C28H29N5O4/c1-3-4-7-23(31-22-15-13-21(14-16-22)26(34)30-18(2)28(35)36)19-9-11-20(12-10-19)25-32-27(37-33-25)24-8-5-6-17-29-24/h5-6,8-18,23,31H,3-4,7H2,1-2H3,(H,30,34)(H,35,36)/t18-,23?/m0/s1. The number of amides is 1. The van der Waals surface area contributed by atoms with Crippen LogP contribution in [0.3, 0.4) is 0 Å². The van der Waals surface area contributed by atoms with Crippen LogP contribution in [-0.2, 0) is 4.79 Å². The van der Waals surface area contributed by atoms with Gasteiger partial charge < -0.3 is 20.3 Å². The highest BCUT2D eigenvalue weighted by Gasteiger charge is 2.17. The SMILES string of the molecule is CCCCC(Nc1ccc(C(=O)N[C@@H](C)C(=O)O)cc1)c1ccc(-c2noc(-c3ccccn3)n2)cc1. The predicted molar refractivity (Wildman–Crippen MR) is 140 cm³/mol. The van der Waals surface area contributed by atoms with Gasteiger partial charge in [0.1, 0.15) is 11.7 Å². The smallest absolute Gasteiger partial charge is 0.325 e. The van der Waals surface area contributed by atoms with Crippen LogP contribution in [0.5, 0.6) is 0 Å². The highest BCUT2D eigenvalue weighted by atomic mass is 16.5. The van der Waals surface area contributed by atoms with Crippen LogP contribution in [0, 0.1) is 0 Å².